The summed E-state index contributed by atoms with van der Waals surface area (Å²) in [4.78, 5) is 2.55. The first kappa shape index (κ1) is 12.0. The molecule has 2 unspecified atom stereocenters. The van der Waals surface area contributed by atoms with Crippen LogP contribution in [0.2, 0.25) is 0 Å². The van der Waals surface area contributed by atoms with E-state index in [0.717, 1.165) is 32.2 Å². The third-order valence-corrected chi connectivity index (χ3v) is 3.95. The van der Waals surface area contributed by atoms with Crippen molar-refractivity contribution in [2.45, 2.75) is 19.4 Å². The molecule has 2 atom stereocenters. The number of nitrogens with zero attached hydrogens (tertiary/aromatic N) is 1. The minimum absolute atomic E-state index is 0.391. The van der Waals surface area contributed by atoms with Gasteiger partial charge in [0.1, 0.15) is 0 Å². The summed E-state index contributed by atoms with van der Waals surface area (Å²) in [6.45, 7) is 7.51. The van der Waals surface area contributed by atoms with Crippen molar-refractivity contribution in [1.29, 1.82) is 0 Å². The summed E-state index contributed by atoms with van der Waals surface area (Å²) in [7, 11) is 0. The van der Waals surface area contributed by atoms with E-state index >= 15 is 0 Å². The molecule has 3 nitrogen and oxygen atoms in total. The van der Waals surface area contributed by atoms with Crippen molar-refractivity contribution in [2.75, 3.05) is 38.1 Å². The van der Waals surface area contributed by atoms with E-state index in [1.807, 2.05) is 0 Å². The van der Waals surface area contributed by atoms with Crippen LogP contribution in [-0.2, 0) is 11.2 Å². The van der Waals surface area contributed by atoms with E-state index in [-0.39, 0.29) is 0 Å². The predicted octanol–water partition coefficient (Wildman–Crippen LogP) is 1.99. The third kappa shape index (κ3) is 2.68. The molecule has 0 bridgehead atoms. The molecule has 18 heavy (non-hydrogen) atoms. The Morgan fingerprint density at radius 3 is 3.17 bits per heavy atom. The molecule has 1 aromatic rings. The van der Waals surface area contributed by atoms with E-state index in [1.165, 1.54) is 24.2 Å². The number of fused-ring (bicyclic) bond motifs is 1. The van der Waals surface area contributed by atoms with Gasteiger partial charge in [-0.3, -0.25) is 4.90 Å². The van der Waals surface area contributed by atoms with Gasteiger partial charge in [-0.25, -0.2) is 0 Å². The highest BCUT2D eigenvalue weighted by Crippen LogP contribution is 2.25. The molecule has 3 heteroatoms. The minimum Gasteiger partial charge on any atom is -0.384 e. The quantitative estimate of drug-likeness (QED) is 0.863. The number of para-hydroxylation sites is 1. The maximum Gasteiger partial charge on any atom is 0.0674 e. The third-order valence-electron chi connectivity index (χ3n) is 3.95. The van der Waals surface area contributed by atoms with Crippen LogP contribution in [0.4, 0.5) is 5.69 Å². The molecule has 2 heterocycles. The Bertz CT molecular complexity index is 407. The van der Waals surface area contributed by atoms with Gasteiger partial charge in [0, 0.05) is 31.9 Å². The highest BCUT2D eigenvalue weighted by atomic mass is 16.5. The second-order valence-corrected chi connectivity index (χ2v) is 5.55. The lowest BCUT2D eigenvalue weighted by atomic mass is 9.93. The Morgan fingerprint density at radius 2 is 2.28 bits per heavy atom. The molecule has 1 saturated heterocycles. The van der Waals surface area contributed by atoms with Crippen LogP contribution in [-0.4, -0.2) is 43.8 Å². The van der Waals surface area contributed by atoms with Crippen LogP contribution in [0.5, 0.6) is 0 Å². The SMILES string of the molecule is CC1CN(CC2CNc3ccccc3C2)CCO1. The fourth-order valence-electron chi connectivity index (χ4n) is 3.06. The van der Waals surface area contributed by atoms with Crippen molar-refractivity contribution in [3.8, 4) is 0 Å². The number of hydrogen-bond donors (Lipinski definition) is 1. The lowest BCUT2D eigenvalue weighted by Gasteiger charge is -2.35. The summed E-state index contributed by atoms with van der Waals surface area (Å²) in [6, 6.07) is 8.67. The summed E-state index contributed by atoms with van der Waals surface area (Å²) in [6.07, 6.45) is 1.59. The van der Waals surface area contributed by atoms with Crippen molar-refractivity contribution in [1.82, 2.24) is 4.90 Å². The van der Waals surface area contributed by atoms with Gasteiger partial charge in [-0.05, 0) is 30.9 Å². The number of ether oxygens (including phenoxy) is 1. The molecule has 0 amide bonds. The van der Waals surface area contributed by atoms with Crippen molar-refractivity contribution in [3.05, 3.63) is 29.8 Å². The maximum absolute atomic E-state index is 5.60. The van der Waals surface area contributed by atoms with Gasteiger partial charge in [0.15, 0.2) is 0 Å². The minimum atomic E-state index is 0.391. The molecule has 98 valence electrons. The van der Waals surface area contributed by atoms with Crippen LogP contribution >= 0.6 is 0 Å². The van der Waals surface area contributed by atoms with E-state index < -0.39 is 0 Å². The van der Waals surface area contributed by atoms with Crippen molar-refractivity contribution >= 4 is 5.69 Å². The molecule has 3 rings (SSSR count). The molecule has 2 aliphatic rings. The van der Waals surface area contributed by atoms with E-state index in [9.17, 15) is 0 Å². The molecule has 2 aliphatic heterocycles. The smallest absolute Gasteiger partial charge is 0.0674 e. The van der Waals surface area contributed by atoms with Crippen LogP contribution in [0.15, 0.2) is 24.3 Å². The van der Waals surface area contributed by atoms with E-state index in [2.05, 4.69) is 41.4 Å². The zero-order chi connectivity index (χ0) is 12.4. The first-order chi connectivity index (χ1) is 8.81. The molecular formula is C15H22N2O. The number of anilines is 1. The van der Waals surface area contributed by atoms with E-state index in [1.54, 1.807) is 0 Å². The van der Waals surface area contributed by atoms with Gasteiger partial charge in [-0.15, -0.1) is 0 Å². The van der Waals surface area contributed by atoms with Gasteiger partial charge in [-0.1, -0.05) is 18.2 Å². The highest BCUT2D eigenvalue weighted by Gasteiger charge is 2.23. The molecule has 1 N–H and O–H groups in total. The number of rotatable bonds is 2. The summed E-state index contributed by atoms with van der Waals surface area (Å²) in [5.41, 5.74) is 2.79. The average molecular weight is 246 g/mol. The topological polar surface area (TPSA) is 24.5 Å². The Labute approximate surface area is 109 Å². The number of nitrogens with one attached hydrogen (secondary N) is 1. The first-order valence-corrected chi connectivity index (χ1v) is 6.97. The standard InChI is InChI=1S/C15H22N2O/c1-12-10-17(6-7-18-12)11-13-8-14-4-2-3-5-15(14)16-9-13/h2-5,12-13,16H,6-11H2,1H3. The molecule has 0 radical (unpaired) electrons. The lowest BCUT2D eigenvalue weighted by Crippen LogP contribution is -2.45. The summed E-state index contributed by atoms with van der Waals surface area (Å²) in [5.74, 6) is 0.727. The highest BCUT2D eigenvalue weighted by molar-refractivity contribution is 5.53. The predicted molar refractivity (Wildman–Crippen MR) is 74.0 cm³/mol. The van der Waals surface area contributed by atoms with Crippen LogP contribution in [0, 0.1) is 5.92 Å². The van der Waals surface area contributed by atoms with Gasteiger partial charge in [-0.2, -0.15) is 0 Å². The fourth-order valence-corrected chi connectivity index (χ4v) is 3.06. The average Bonchev–Trinajstić information content (AvgIpc) is 2.39. The monoisotopic (exact) mass is 246 g/mol. The van der Waals surface area contributed by atoms with E-state index in [0.29, 0.717) is 6.10 Å². The number of benzene rings is 1. The van der Waals surface area contributed by atoms with Gasteiger partial charge < -0.3 is 10.1 Å². The van der Waals surface area contributed by atoms with Crippen molar-refractivity contribution in [2.24, 2.45) is 5.92 Å². The molecule has 1 fully saturated rings. The molecule has 0 saturated carbocycles. The van der Waals surface area contributed by atoms with Crippen LogP contribution in [0.1, 0.15) is 12.5 Å². The second kappa shape index (κ2) is 5.29. The van der Waals surface area contributed by atoms with Crippen molar-refractivity contribution in [3.63, 3.8) is 0 Å². The zero-order valence-corrected chi connectivity index (χ0v) is 11.1. The second-order valence-electron chi connectivity index (χ2n) is 5.55. The number of hydrogen-bond acceptors (Lipinski definition) is 3. The van der Waals surface area contributed by atoms with Gasteiger partial charge in [0.05, 0.1) is 12.7 Å². The Balaban J connectivity index is 1.59. The zero-order valence-electron chi connectivity index (χ0n) is 11.1. The molecule has 0 aromatic heterocycles. The largest absolute Gasteiger partial charge is 0.384 e. The first-order valence-electron chi connectivity index (χ1n) is 6.97. The summed E-state index contributed by atoms with van der Waals surface area (Å²) < 4.78 is 5.60. The summed E-state index contributed by atoms with van der Waals surface area (Å²) in [5, 5.41) is 3.56. The Kier molecular flexibility index (Phi) is 3.52. The van der Waals surface area contributed by atoms with Crippen LogP contribution in [0.25, 0.3) is 0 Å². The molecular weight excluding hydrogens is 224 g/mol. The normalized spacial score (nSPS) is 28.5. The molecule has 0 spiro atoms. The van der Waals surface area contributed by atoms with Gasteiger partial charge in [0.25, 0.3) is 0 Å². The van der Waals surface area contributed by atoms with E-state index in [4.69, 9.17) is 4.74 Å². The maximum atomic E-state index is 5.60. The van der Waals surface area contributed by atoms with Crippen LogP contribution < -0.4 is 5.32 Å². The molecule has 1 aromatic carbocycles. The lowest BCUT2D eigenvalue weighted by molar-refractivity contribution is -0.0226. The summed E-state index contributed by atoms with van der Waals surface area (Å²) >= 11 is 0. The van der Waals surface area contributed by atoms with Gasteiger partial charge in [0.2, 0.25) is 0 Å². The number of morpholine rings is 1. The fraction of sp³-hybridized carbons (Fsp3) is 0.600. The van der Waals surface area contributed by atoms with Gasteiger partial charge >= 0.3 is 0 Å². The van der Waals surface area contributed by atoms with Crippen molar-refractivity contribution < 1.29 is 4.74 Å². The van der Waals surface area contributed by atoms with Crippen LogP contribution in [0.3, 0.4) is 0 Å². The Morgan fingerprint density at radius 1 is 1.39 bits per heavy atom. The molecule has 0 aliphatic carbocycles. The Hall–Kier alpha value is -1.06.